The summed E-state index contributed by atoms with van der Waals surface area (Å²) in [6, 6.07) is 3.44. The zero-order chi connectivity index (χ0) is 9.14. The Bertz CT molecular complexity index is 261. The number of thioether (sulfide) groups is 1. The summed E-state index contributed by atoms with van der Waals surface area (Å²) >= 11 is 1.35. The van der Waals surface area contributed by atoms with Gasteiger partial charge in [-0.1, -0.05) is 6.07 Å². The van der Waals surface area contributed by atoms with E-state index in [4.69, 9.17) is 5.11 Å². The number of rotatable bonds is 2. The van der Waals surface area contributed by atoms with E-state index >= 15 is 0 Å². The van der Waals surface area contributed by atoms with Crippen LogP contribution in [0.25, 0.3) is 0 Å². The number of hydrogen-bond donors (Lipinski definition) is 1. The Balaban J connectivity index is 3.22. The van der Waals surface area contributed by atoms with Crippen LogP contribution in [-0.4, -0.2) is 11.4 Å². The summed E-state index contributed by atoms with van der Waals surface area (Å²) in [6.07, 6.45) is 1.82. The van der Waals surface area contributed by atoms with E-state index in [0.29, 0.717) is 10.5 Å². The van der Waals surface area contributed by atoms with Crippen LogP contribution in [0.15, 0.2) is 17.0 Å². The first kappa shape index (κ1) is 9.55. The second kappa shape index (κ2) is 3.92. The molecule has 1 rings (SSSR count). The molecule has 3 heteroatoms. The average Bonchev–Trinajstić information content (AvgIpc) is 2.08. The van der Waals surface area contributed by atoms with Crippen molar-refractivity contribution in [2.75, 3.05) is 6.26 Å². The molecular weight excluding hydrogens is 175 g/mol. The van der Waals surface area contributed by atoms with E-state index in [9.17, 15) is 4.39 Å². The normalized spacial score (nSPS) is 10.3. The summed E-state index contributed by atoms with van der Waals surface area (Å²) in [6.45, 7) is 1.65. The van der Waals surface area contributed by atoms with Crippen LogP contribution in [-0.2, 0) is 6.61 Å². The molecule has 0 radical (unpaired) electrons. The van der Waals surface area contributed by atoms with E-state index < -0.39 is 0 Å². The van der Waals surface area contributed by atoms with Crippen LogP contribution >= 0.6 is 11.8 Å². The van der Waals surface area contributed by atoms with Crippen LogP contribution in [0, 0.1) is 12.7 Å². The van der Waals surface area contributed by atoms with E-state index in [0.717, 1.165) is 5.56 Å². The second-order valence-corrected chi connectivity index (χ2v) is 3.45. The first-order valence-corrected chi connectivity index (χ1v) is 4.85. The van der Waals surface area contributed by atoms with Crippen LogP contribution in [0.4, 0.5) is 4.39 Å². The fourth-order valence-electron chi connectivity index (χ4n) is 1.07. The molecule has 0 spiro atoms. The van der Waals surface area contributed by atoms with Gasteiger partial charge in [-0.3, -0.25) is 0 Å². The van der Waals surface area contributed by atoms with Gasteiger partial charge in [0.25, 0.3) is 0 Å². The van der Waals surface area contributed by atoms with Crippen molar-refractivity contribution in [3.05, 3.63) is 29.1 Å². The molecule has 0 bridgehead atoms. The number of hydrogen-bond acceptors (Lipinski definition) is 2. The third kappa shape index (κ3) is 1.79. The quantitative estimate of drug-likeness (QED) is 0.715. The van der Waals surface area contributed by atoms with Crippen molar-refractivity contribution in [3.8, 4) is 0 Å². The lowest BCUT2D eigenvalue weighted by atomic mass is 10.1. The molecule has 0 fully saturated rings. The molecule has 0 amide bonds. The fourth-order valence-corrected chi connectivity index (χ4v) is 1.69. The first-order valence-electron chi connectivity index (χ1n) is 3.63. The minimum absolute atomic E-state index is 0.235. The van der Waals surface area contributed by atoms with Gasteiger partial charge in [-0.15, -0.1) is 11.8 Å². The molecule has 0 heterocycles. The van der Waals surface area contributed by atoms with Gasteiger partial charge >= 0.3 is 0 Å². The van der Waals surface area contributed by atoms with Gasteiger partial charge in [-0.2, -0.15) is 0 Å². The Morgan fingerprint density at radius 2 is 2.17 bits per heavy atom. The maximum absolute atomic E-state index is 13.3. The SMILES string of the molecule is CSc1cc(C)cc(CO)c1F. The van der Waals surface area contributed by atoms with Crippen LogP contribution in [0.1, 0.15) is 11.1 Å². The van der Waals surface area contributed by atoms with Crippen molar-refractivity contribution in [1.29, 1.82) is 0 Å². The molecule has 0 aliphatic rings. The predicted octanol–water partition coefficient (Wildman–Crippen LogP) is 2.35. The highest BCUT2D eigenvalue weighted by Crippen LogP contribution is 2.23. The van der Waals surface area contributed by atoms with Gasteiger partial charge in [0.2, 0.25) is 0 Å². The molecule has 1 N–H and O–H groups in total. The van der Waals surface area contributed by atoms with Gasteiger partial charge in [0.1, 0.15) is 5.82 Å². The molecule has 1 nitrogen and oxygen atoms in total. The minimum atomic E-state index is -0.296. The molecule has 0 saturated heterocycles. The van der Waals surface area contributed by atoms with E-state index in [1.54, 1.807) is 12.1 Å². The van der Waals surface area contributed by atoms with Gasteiger partial charge < -0.3 is 5.11 Å². The number of aliphatic hydroxyl groups excluding tert-OH is 1. The number of benzene rings is 1. The lowest BCUT2D eigenvalue weighted by molar-refractivity contribution is 0.274. The van der Waals surface area contributed by atoms with E-state index in [1.807, 2.05) is 13.2 Å². The highest BCUT2D eigenvalue weighted by atomic mass is 32.2. The van der Waals surface area contributed by atoms with Crippen molar-refractivity contribution in [2.24, 2.45) is 0 Å². The monoisotopic (exact) mass is 186 g/mol. The zero-order valence-electron chi connectivity index (χ0n) is 7.10. The van der Waals surface area contributed by atoms with E-state index in [-0.39, 0.29) is 12.4 Å². The molecule has 0 aliphatic heterocycles. The maximum Gasteiger partial charge on any atom is 0.142 e. The molecule has 0 aliphatic carbocycles. The van der Waals surface area contributed by atoms with Gasteiger partial charge in [-0.05, 0) is 24.8 Å². The Morgan fingerprint density at radius 3 is 2.67 bits per heavy atom. The summed E-state index contributed by atoms with van der Waals surface area (Å²) in [7, 11) is 0. The Labute approximate surface area is 75.6 Å². The van der Waals surface area contributed by atoms with Crippen molar-refractivity contribution in [3.63, 3.8) is 0 Å². The number of aliphatic hydroxyl groups is 1. The highest BCUT2D eigenvalue weighted by Gasteiger charge is 2.07. The van der Waals surface area contributed by atoms with Gasteiger partial charge in [0.05, 0.1) is 6.61 Å². The van der Waals surface area contributed by atoms with Crippen LogP contribution in [0.2, 0.25) is 0 Å². The van der Waals surface area contributed by atoms with E-state index in [2.05, 4.69) is 0 Å². The van der Waals surface area contributed by atoms with Crippen molar-refractivity contribution >= 4 is 11.8 Å². The largest absolute Gasteiger partial charge is 0.392 e. The van der Waals surface area contributed by atoms with Crippen molar-refractivity contribution in [1.82, 2.24) is 0 Å². The maximum atomic E-state index is 13.3. The highest BCUT2D eigenvalue weighted by molar-refractivity contribution is 7.98. The second-order valence-electron chi connectivity index (χ2n) is 2.60. The number of aryl methyl sites for hydroxylation is 1. The van der Waals surface area contributed by atoms with Crippen LogP contribution < -0.4 is 0 Å². The molecule has 1 aromatic carbocycles. The van der Waals surface area contributed by atoms with Crippen LogP contribution in [0.5, 0.6) is 0 Å². The summed E-state index contributed by atoms with van der Waals surface area (Å²) in [4.78, 5) is 0.596. The summed E-state index contributed by atoms with van der Waals surface area (Å²) in [5.41, 5.74) is 1.35. The minimum Gasteiger partial charge on any atom is -0.392 e. The lowest BCUT2D eigenvalue weighted by Crippen LogP contribution is -1.93. The Morgan fingerprint density at radius 1 is 1.50 bits per heavy atom. The van der Waals surface area contributed by atoms with Crippen molar-refractivity contribution in [2.45, 2.75) is 18.4 Å². The third-order valence-corrected chi connectivity index (χ3v) is 2.39. The summed E-state index contributed by atoms with van der Waals surface area (Å²) in [5.74, 6) is -0.296. The van der Waals surface area contributed by atoms with Gasteiger partial charge in [0, 0.05) is 10.5 Å². The van der Waals surface area contributed by atoms with Gasteiger partial charge in [-0.25, -0.2) is 4.39 Å². The third-order valence-electron chi connectivity index (χ3n) is 1.65. The average molecular weight is 186 g/mol. The molecule has 66 valence electrons. The smallest absolute Gasteiger partial charge is 0.142 e. The first-order chi connectivity index (χ1) is 5.69. The van der Waals surface area contributed by atoms with Gasteiger partial charge in [0.15, 0.2) is 0 Å². The van der Waals surface area contributed by atoms with Crippen LogP contribution in [0.3, 0.4) is 0 Å². The fraction of sp³-hybridized carbons (Fsp3) is 0.333. The summed E-state index contributed by atoms with van der Waals surface area (Å²) in [5, 5.41) is 8.81. The predicted molar refractivity (Wildman–Crippen MR) is 48.8 cm³/mol. The molecule has 0 aromatic heterocycles. The number of halogens is 1. The lowest BCUT2D eigenvalue weighted by Gasteiger charge is -2.05. The Kier molecular flexibility index (Phi) is 3.12. The van der Waals surface area contributed by atoms with Crippen molar-refractivity contribution < 1.29 is 9.50 Å². The zero-order valence-corrected chi connectivity index (χ0v) is 7.91. The Hall–Kier alpha value is -0.540. The van der Waals surface area contributed by atoms with E-state index in [1.165, 1.54) is 11.8 Å². The topological polar surface area (TPSA) is 20.2 Å². The standard InChI is InChI=1S/C9H11FOS/c1-6-3-7(5-11)9(10)8(4-6)12-2/h3-4,11H,5H2,1-2H3. The molecule has 0 unspecified atom stereocenters. The molecule has 0 atom stereocenters. The molecule has 1 aromatic rings. The molecular formula is C9H11FOS. The molecule has 0 saturated carbocycles. The summed E-state index contributed by atoms with van der Waals surface area (Å²) < 4.78 is 13.3. The molecule has 12 heavy (non-hydrogen) atoms.